The molecule has 1 aliphatic heterocycles. The van der Waals surface area contributed by atoms with Gasteiger partial charge in [0.25, 0.3) is 5.91 Å². The summed E-state index contributed by atoms with van der Waals surface area (Å²) in [5.41, 5.74) is 0.603. The number of carbonyl (C=O) groups excluding carboxylic acids is 1. The molecule has 2 aromatic rings. The second-order valence-electron chi connectivity index (χ2n) is 6.09. The fraction of sp³-hybridized carbons (Fsp3) is 0.389. The summed E-state index contributed by atoms with van der Waals surface area (Å²) in [5.74, 6) is -0.0758. The minimum absolute atomic E-state index is 0.0758. The molecule has 2 heterocycles. The number of amides is 1. The molecule has 1 unspecified atom stereocenters. The van der Waals surface area contributed by atoms with Crippen molar-refractivity contribution >= 4 is 28.8 Å². The molecule has 0 bridgehead atoms. The van der Waals surface area contributed by atoms with Gasteiger partial charge in [0, 0.05) is 48.2 Å². The van der Waals surface area contributed by atoms with Gasteiger partial charge in [-0.1, -0.05) is 23.7 Å². The highest BCUT2D eigenvalue weighted by molar-refractivity contribution is 7.10. The number of benzene rings is 1. The number of hydrogen-bond acceptors (Lipinski definition) is 4. The molecule has 1 amide bonds. The summed E-state index contributed by atoms with van der Waals surface area (Å²) in [6.45, 7) is 4.77. The second kappa shape index (κ2) is 8.12. The lowest BCUT2D eigenvalue weighted by Crippen LogP contribution is -2.48. The Kier molecular flexibility index (Phi) is 5.89. The van der Waals surface area contributed by atoms with Crippen molar-refractivity contribution in [3.05, 3.63) is 57.2 Å². The van der Waals surface area contributed by atoms with Crippen LogP contribution in [0.1, 0.15) is 21.3 Å². The summed E-state index contributed by atoms with van der Waals surface area (Å²) in [6, 6.07) is 11.5. The molecule has 0 saturated carbocycles. The lowest BCUT2D eigenvalue weighted by atomic mass is 10.1. The number of nitrogens with zero attached hydrogens (tertiary/aromatic N) is 2. The van der Waals surface area contributed by atoms with Crippen LogP contribution in [0.3, 0.4) is 0 Å². The van der Waals surface area contributed by atoms with E-state index in [0.29, 0.717) is 17.1 Å². The van der Waals surface area contributed by atoms with E-state index in [0.717, 1.165) is 26.2 Å². The number of thiophene rings is 1. The van der Waals surface area contributed by atoms with E-state index in [9.17, 15) is 4.79 Å². The van der Waals surface area contributed by atoms with Crippen LogP contribution in [0, 0.1) is 0 Å². The molecule has 1 N–H and O–H groups in total. The number of hydrogen-bond donors (Lipinski definition) is 1. The third-order valence-electron chi connectivity index (χ3n) is 4.39. The van der Waals surface area contributed by atoms with Crippen LogP contribution >= 0.6 is 22.9 Å². The molecule has 1 aromatic carbocycles. The normalized spacial score (nSPS) is 17.6. The Bertz CT molecular complexity index is 669. The smallest absolute Gasteiger partial charge is 0.251 e. The molecule has 128 valence electrons. The highest BCUT2D eigenvalue weighted by atomic mass is 35.5. The second-order valence-corrected chi connectivity index (χ2v) is 7.51. The van der Waals surface area contributed by atoms with E-state index in [-0.39, 0.29) is 11.9 Å². The Hall–Kier alpha value is -1.40. The molecule has 1 aromatic heterocycles. The first-order valence-electron chi connectivity index (χ1n) is 8.13. The Balaban J connectivity index is 1.67. The molecular weight excluding hydrogens is 342 g/mol. The summed E-state index contributed by atoms with van der Waals surface area (Å²) < 4.78 is 0. The highest BCUT2D eigenvalue weighted by Crippen LogP contribution is 2.25. The van der Waals surface area contributed by atoms with Crippen LogP contribution in [0.25, 0.3) is 0 Å². The molecule has 1 saturated heterocycles. The number of halogens is 1. The van der Waals surface area contributed by atoms with Gasteiger partial charge < -0.3 is 10.2 Å². The molecule has 0 aliphatic carbocycles. The molecule has 4 nitrogen and oxygen atoms in total. The zero-order chi connectivity index (χ0) is 16.9. The molecule has 1 atom stereocenters. The number of likely N-dealkylation sites (N-methyl/N-ethyl adjacent to an activating group) is 1. The first-order valence-corrected chi connectivity index (χ1v) is 9.39. The standard InChI is InChI=1S/C18H22ClN3OS/c1-21-7-9-22(10-8-21)16(17-6-3-11-24-17)13-20-18(23)14-4-2-5-15(19)12-14/h2-6,11-12,16H,7-10,13H2,1H3,(H,20,23). The predicted molar refractivity (Wildman–Crippen MR) is 99.9 cm³/mol. The van der Waals surface area contributed by atoms with Gasteiger partial charge in [0.15, 0.2) is 0 Å². The number of piperazine rings is 1. The summed E-state index contributed by atoms with van der Waals surface area (Å²) >= 11 is 7.72. The Morgan fingerprint density at radius 3 is 2.71 bits per heavy atom. The van der Waals surface area contributed by atoms with E-state index < -0.39 is 0 Å². The zero-order valence-electron chi connectivity index (χ0n) is 13.7. The monoisotopic (exact) mass is 363 g/mol. The molecule has 1 aliphatic rings. The average Bonchev–Trinajstić information content (AvgIpc) is 3.11. The van der Waals surface area contributed by atoms with E-state index >= 15 is 0 Å². The Morgan fingerprint density at radius 2 is 2.04 bits per heavy atom. The van der Waals surface area contributed by atoms with Crippen molar-refractivity contribution < 1.29 is 4.79 Å². The van der Waals surface area contributed by atoms with Crippen molar-refractivity contribution in [2.75, 3.05) is 39.8 Å². The third kappa shape index (κ3) is 4.36. The Labute approximate surface area is 152 Å². The maximum absolute atomic E-state index is 12.4. The van der Waals surface area contributed by atoms with Crippen molar-refractivity contribution in [1.82, 2.24) is 15.1 Å². The molecule has 6 heteroatoms. The first-order chi connectivity index (χ1) is 11.6. The van der Waals surface area contributed by atoms with Crippen LogP contribution in [0.4, 0.5) is 0 Å². The van der Waals surface area contributed by atoms with Crippen LogP contribution in [-0.2, 0) is 0 Å². The zero-order valence-corrected chi connectivity index (χ0v) is 15.3. The van der Waals surface area contributed by atoms with Crippen molar-refractivity contribution in [1.29, 1.82) is 0 Å². The average molecular weight is 364 g/mol. The summed E-state index contributed by atoms with van der Waals surface area (Å²) in [6.07, 6.45) is 0. The van der Waals surface area contributed by atoms with Crippen molar-refractivity contribution in [3.8, 4) is 0 Å². The van der Waals surface area contributed by atoms with E-state index in [1.54, 1.807) is 35.6 Å². The third-order valence-corrected chi connectivity index (χ3v) is 5.60. The summed E-state index contributed by atoms with van der Waals surface area (Å²) in [4.78, 5) is 18.5. The minimum atomic E-state index is -0.0758. The maximum atomic E-state index is 12.4. The van der Waals surface area contributed by atoms with Gasteiger partial charge in [0.05, 0.1) is 6.04 Å². The highest BCUT2D eigenvalue weighted by Gasteiger charge is 2.25. The van der Waals surface area contributed by atoms with E-state index in [1.165, 1.54) is 4.88 Å². The van der Waals surface area contributed by atoms with Crippen LogP contribution in [0.2, 0.25) is 5.02 Å². The lowest BCUT2D eigenvalue weighted by Gasteiger charge is -2.37. The van der Waals surface area contributed by atoms with Gasteiger partial charge >= 0.3 is 0 Å². The SMILES string of the molecule is CN1CCN(C(CNC(=O)c2cccc(Cl)c2)c2cccs2)CC1. The minimum Gasteiger partial charge on any atom is -0.350 e. The number of rotatable bonds is 5. The van der Waals surface area contributed by atoms with Gasteiger partial charge in [0.2, 0.25) is 0 Å². The van der Waals surface area contributed by atoms with Crippen molar-refractivity contribution in [2.24, 2.45) is 0 Å². The van der Waals surface area contributed by atoms with Gasteiger partial charge in [-0.15, -0.1) is 11.3 Å². The quantitative estimate of drug-likeness (QED) is 0.886. The van der Waals surface area contributed by atoms with Crippen molar-refractivity contribution in [3.63, 3.8) is 0 Å². The fourth-order valence-electron chi connectivity index (χ4n) is 2.95. The topological polar surface area (TPSA) is 35.6 Å². The van der Waals surface area contributed by atoms with Gasteiger partial charge in [-0.2, -0.15) is 0 Å². The maximum Gasteiger partial charge on any atom is 0.251 e. The van der Waals surface area contributed by atoms with Crippen LogP contribution in [0.15, 0.2) is 41.8 Å². The summed E-state index contributed by atoms with van der Waals surface area (Å²) in [5, 5.41) is 5.75. The fourth-order valence-corrected chi connectivity index (χ4v) is 4.00. The van der Waals surface area contributed by atoms with Gasteiger partial charge in [-0.05, 0) is 36.7 Å². The Morgan fingerprint density at radius 1 is 1.25 bits per heavy atom. The number of nitrogens with one attached hydrogen (secondary N) is 1. The van der Waals surface area contributed by atoms with Crippen LogP contribution in [-0.4, -0.2) is 55.5 Å². The van der Waals surface area contributed by atoms with E-state index in [1.807, 2.05) is 0 Å². The summed E-state index contributed by atoms with van der Waals surface area (Å²) in [7, 11) is 2.15. The number of carbonyl (C=O) groups is 1. The largest absolute Gasteiger partial charge is 0.350 e. The van der Waals surface area contributed by atoms with Gasteiger partial charge in [-0.3, -0.25) is 9.69 Å². The van der Waals surface area contributed by atoms with Gasteiger partial charge in [0.1, 0.15) is 0 Å². The van der Waals surface area contributed by atoms with E-state index in [4.69, 9.17) is 11.6 Å². The molecule has 1 fully saturated rings. The molecule has 0 radical (unpaired) electrons. The van der Waals surface area contributed by atoms with Crippen LogP contribution < -0.4 is 5.32 Å². The van der Waals surface area contributed by atoms with Gasteiger partial charge in [-0.25, -0.2) is 0 Å². The lowest BCUT2D eigenvalue weighted by molar-refractivity contribution is 0.0890. The molecule has 24 heavy (non-hydrogen) atoms. The molecule has 0 spiro atoms. The first kappa shape index (κ1) is 17.4. The van der Waals surface area contributed by atoms with Crippen LogP contribution in [0.5, 0.6) is 0 Å². The molecular formula is C18H22ClN3OS. The van der Waals surface area contributed by atoms with E-state index in [2.05, 4.69) is 39.7 Å². The molecule has 3 rings (SSSR count). The predicted octanol–water partition coefficient (Wildman–Crippen LogP) is 3.12. The van der Waals surface area contributed by atoms with Crippen molar-refractivity contribution in [2.45, 2.75) is 6.04 Å².